The molecule has 338 valence electrons. The van der Waals surface area contributed by atoms with Gasteiger partial charge in [0.2, 0.25) is 6.71 Å². The summed E-state index contributed by atoms with van der Waals surface area (Å²) in [4.78, 5) is 2.66. The zero-order chi connectivity index (χ0) is 48.2. The maximum atomic E-state index is 2.66. The van der Waals surface area contributed by atoms with Crippen molar-refractivity contribution in [2.24, 2.45) is 0 Å². The Bertz CT molecular complexity index is 4340. The largest absolute Gasteiger partial charge is 0.311 e. The second kappa shape index (κ2) is 15.0. The lowest BCUT2D eigenvalue weighted by Crippen LogP contribution is -2.60. The van der Waals surface area contributed by atoms with E-state index < -0.39 is 0 Å². The first kappa shape index (κ1) is 40.1. The van der Waals surface area contributed by atoms with E-state index >= 15 is 0 Å². The van der Waals surface area contributed by atoms with Crippen LogP contribution in [0.2, 0.25) is 0 Å². The fraction of sp³-hybridized carbons (Fsp3) is 0. The van der Waals surface area contributed by atoms with Gasteiger partial charge in [0.1, 0.15) is 0 Å². The molecule has 0 spiro atoms. The molecule has 0 saturated heterocycles. The molecule has 0 atom stereocenters. The first-order valence-electron chi connectivity index (χ1n) is 26.0. The van der Waals surface area contributed by atoms with Gasteiger partial charge in [0.15, 0.2) is 0 Å². The molecule has 2 heteroatoms. The van der Waals surface area contributed by atoms with Crippen molar-refractivity contribution < 1.29 is 0 Å². The molecule has 17 rings (SSSR count). The maximum absolute atomic E-state index is 2.66. The van der Waals surface area contributed by atoms with Gasteiger partial charge in [0.25, 0.3) is 0 Å². The van der Waals surface area contributed by atoms with Crippen LogP contribution in [0.25, 0.3) is 131 Å². The van der Waals surface area contributed by atoms with Gasteiger partial charge in [-0.1, -0.05) is 230 Å². The monoisotopic (exact) mass is 931 g/mol. The summed E-state index contributed by atoms with van der Waals surface area (Å²) in [6, 6.07) is 96.0. The molecule has 0 amide bonds. The quantitative estimate of drug-likeness (QED) is 0.0874. The molecule has 3 heterocycles. The van der Waals surface area contributed by atoms with Gasteiger partial charge in [-0.2, -0.15) is 0 Å². The minimum Gasteiger partial charge on any atom is -0.311 e. The van der Waals surface area contributed by atoms with Crippen molar-refractivity contribution in [3.63, 3.8) is 0 Å². The molecule has 3 aliphatic rings. The zero-order valence-corrected chi connectivity index (χ0v) is 40.3. The molecular weight excluding hydrogens is 890 g/mol. The zero-order valence-electron chi connectivity index (χ0n) is 40.3. The topological polar surface area (TPSA) is 3.24 Å². The third-order valence-corrected chi connectivity index (χ3v) is 16.9. The first-order chi connectivity index (χ1) is 36.8. The highest BCUT2D eigenvalue weighted by Crippen LogP contribution is 2.54. The average molecular weight is 932 g/mol. The lowest BCUT2D eigenvalue weighted by atomic mass is 9.30. The Morgan fingerprint density at radius 1 is 0.243 bits per heavy atom. The smallest absolute Gasteiger partial charge is 0.250 e. The highest BCUT2D eigenvalue weighted by Gasteiger charge is 2.46. The molecule has 1 nitrogen and oxygen atoms in total. The van der Waals surface area contributed by atoms with Crippen molar-refractivity contribution in [2.45, 2.75) is 0 Å². The molecule has 0 bridgehead atoms. The molecule has 0 unspecified atom stereocenters. The van der Waals surface area contributed by atoms with Crippen molar-refractivity contribution in [1.82, 2.24) is 0 Å². The van der Waals surface area contributed by atoms with Gasteiger partial charge < -0.3 is 4.90 Å². The van der Waals surface area contributed by atoms with Gasteiger partial charge in [-0.25, -0.2) is 0 Å². The van der Waals surface area contributed by atoms with Gasteiger partial charge in [0.05, 0.1) is 0 Å². The summed E-state index contributed by atoms with van der Waals surface area (Å²) in [5.74, 6) is 0. The average Bonchev–Trinajstić information content (AvgIpc) is 3.66. The highest BCUT2D eigenvalue weighted by molar-refractivity contribution is 7.06. The van der Waals surface area contributed by atoms with Crippen molar-refractivity contribution >= 4 is 105 Å². The molecule has 0 N–H and O–H groups in total. The third kappa shape index (κ3) is 5.34. The van der Waals surface area contributed by atoms with E-state index in [1.54, 1.807) is 0 Å². The number of rotatable bonds is 7. The van der Waals surface area contributed by atoms with Gasteiger partial charge in [-0.05, 0) is 173 Å². The molecule has 0 saturated carbocycles. The molecule has 0 fully saturated rings. The first-order valence-corrected chi connectivity index (χ1v) is 26.0. The summed E-state index contributed by atoms with van der Waals surface area (Å²) in [5.41, 5.74) is 22.6. The van der Waals surface area contributed by atoms with Crippen molar-refractivity contribution in [3.05, 3.63) is 255 Å². The molecule has 0 radical (unpaired) electrons. The van der Waals surface area contributed by atoms with E-state index in [0.29, 0.717) is 0 Å². The molecule has 14 aromatic rings. The number of anilines is 3. The Balaban J connectivity index is 1.11. The second-order valence-electron chi connectivity index (χ2n) is 20.5. The summed E-state index contributed by atoms with van der Waals surface area (Å²) in [7, 11) is 0. The number of hydrogen-bond acceptors (Lipinski definition) is 1. The minimum absolute atomic E-state index is 0.00353. The fourth-order valence-corrected chi connectivity index (χ4v) is 14.0. The van der Waals surface area contributed by atoms with E-state index in [9.17, 15) is 0 Å². The summed E-state index contributed by atoms with van der Waals surface area (Å²) in [6.45, 7) is -0.00353. The Labute approximate surface area is 428 Å². The van der Waals surface area contributed by atoms with Crippen molar-refractivity contribution in [1.29, 1.82) is 0 Å². The molecule has 74 heavy (non-hydrogen) atoms. The van der Waals surface area contributed by atoms with Crippen LogP contribution in [-0.2, 0) is 0 Å². The van der Waals surface area contributed by atoms with Gasteiger partial charge in [0, 0.05) is 17.1 Å². The Hall–Kier alpha value is -9.50. The van der Waals surface area contributed by atoms with Gasteiger partial charge in [-0.15, -0.1) is 0 Å². The highest BCUT2D eigenvalue weighted by atomic mass is 15.2. The van der Waals surface area contributed by atoms with Gasteiger partial charge in [-0.3, -0.25) is 0 Å². The van der Waals surface area contributed by atoms with Crippen molar-refractivity contribution in [3.8, 4) is 66.8 Å². The number of nitrogens with zero attached hydrogens (tertiary/aromatic N) is 1. The van der Waals surface area contributed by atoms with Crippen LogP contribution in [0.5, 0.6) is 0 Å². The Morgan fingerprint density at radius 3 is 0.986 bits per heavy atom. The van der Waals surface area contributed by atoms with E-state index in [-0.39, 0.29) is 6.71 Å². The number of para-hydroxylation sites is 1. The maximum Gasteiger partial charge on any atom is 0.250 e. The lowest BCUT2D eigenvalue weighted by Gasteiger charge is -2.43. The number of benzene rings is 14. The molecule has 0 aliphatic carbocycles. The molecule has 0 aromatic heterocycles. The molecular formula is C72H42BN. The summed E-state index contributed by atoms with van der Waals surface area (Å²) >= 11 is 0. The molecule has 14 aromatic carbocycles. The van der Waals surface area contributed by atoms with E-state index in [1.807, 2.05) is 0 Å². The van der Waals surface area contributed by atoms with Crippen LogP contribution >= 0.6 is 0 Å². The van der Waals surface area contributed by atoms with Gasteiger partial charge >= 0.3 is 0 Å². The summed E-state index contributed by atoms with van der Waals surface area (Å²) in [5, 5.41) is 16.1. The second-order valence-corrected chi connectivity index (χ2v) is 20.5. The van der Waals surface area contributed by atoms with Crippen LogP contribution < -0.4 is 21.3 Å². The fourth-order valence-electron chi connectivity index (χ4n) is 14.0. The summed E-state index contributed by atoms with van der Waals surface area (Å²) in [6.07, 6.45) is 0. The third-order valence-electron chi connectivity index (χ3n) is 16.9. The van der Waals surface area contributed by atoms with E-state index in [0.717, 1.165) is 5.69 Å². The standard InChI is InChI=1S/C72H42BN/c1-6-18-43(19-7-1)52-28-16-29-53(44-20-8-2-9-21-44)66(52)58-41-60-70-68-56(58)38-36-47-32-34-49-40-50-35-33-48-37-39-57-59(67-54(45-22-10-3-11-23-45)30-17-31-55(67)46-24-12-4-13-25-46)42-61(74(60)51-26-14-5-15-27-51)71-69(57)63(48)65(50)72(73(70)71)64(49)62(47)68/h1-42H. The SMILES string of the molecule is c1ccc(-c2cccc(-c3ccccc3)c2-c2cc3c4c5c2ccc2ccc6cc7ccc8ccc9c(-c%10c(-c%11ccccc%11)cccc%10-c%10ccccc%10)cc(c%10c9c8c7c(c6c25)B4%10)N3c2ccccc2)cc1. The number of hydrogen-bond donors (Lipinski definition) is 0. The minimum atomic E-state index is -0.00353. The van der Waals surface area contributed by atoms with Crippen LogP contribution in [0, 0.1) is 0 Å². The Morgan fingerprint density at radius 2 is 0.595 bits per heavy atom. The van der Waals surface area contributed by atoms with Crippen LogP contribution in [0.1, 0.15) is 0 Å². The molecule has 3 aliphatic heterocycles. The van der Waals surface area contributed by atoms with Crippen molar-refractivity contribution in [2.75, 3.05) is 4.90 Å². The normalized spacial score (nSPS) is 12.8. The van der Waals surface area contributed by atoms with Crippen LogP contribution in [0.3, 0.4) is 0 Å². The van der Waals surface area contributed by atoms with E-state index in [1.165, 1.54) is 159 Å². The Kier molecular flexibility index (Phi) is 8.15. The predicted molar refractivity (Wildman–Crippen MR) is 317 cm³/mol. The van der Waals surface area contributed by atoms with Crippen LogP contribution in [-0.4, -0.2) is 6.71 Å². The van der Waals surface area contributed by atoms with Crippen LogP contribution in [0.15, 0.2) is 255 Å². The predicted octanol–water partition coefficient (Wildman–Crippen LogP) is 17.5. The lowest BCUT2D eigenvalue weighted by molar-refractivity contribution is 1.30. The van der Waals surface area contributed by atoms with Crippen LogP contribution in [0.4, 0.5) is 17.1 Å². The van der Waals surface area contributed by atoms with E-state index in [4.69, 9.17) is 0 Å². The van der Waals surface area contributed by atoms with E-state index in [2.05, 4.69) is 260 Å². The summed E-state index contributed by atoms with van der Waals surface area (Å²) < 4.78 is 0.